The second-order valence-electron chi connectivity index (χ2n) is 4.34. The van der Waals surface area contributed by atoms with Gasteiger partial charge in [-0.15, -0.1) is 11.3 Å². The molecule has 0 aliphatic rings. The van der Waals surface area contributed by atoms with Gasteiger partial charge < -0.3 is 9.42 Å². The van der Waals surface area contributed by atoms with Crippen molar-refractivity contribution in [3.63, 3.8) is 0 Å². The van der Waals surface area contributed by atoms with E-state index >= 15 is 0 Å². The summed E-state index contributed by atoms with van der Waals surface area (Å²) < 4.78 is 43.3. The van der Waals surface area contributed by atoms with Crippen molar-refractivity contribution in [3.8, 4) is 5.75 Å². The van der Waals surface area contributed by atoms with Gasteiger partial charge in [-0.3, -0.25) is 10.1 Å². The van der Waals surface area contributed by atoms with Crippen molar-refractivity contribution in [1.82, 2.24) is 4.72 Å². The fraction of sp³-hybridized carbons (Fsp3) is 0.0909. The van der Waals surface area contributed by atoms with Gasteiger partial charge in [0.05, 0.1) is 8.71 Å². The summed E-state index contributed by atoms with van der Waals surface area (Å²) in [6.07, 6.45) is -0.845. The number of nitro groups is 1. The third kappa shape index (κ3) is 6.74. The SMILES string of the molecule is O=[N+]([O-])c1ccc(OP(=O)(O)CNS(=O)(=O)c2ccc(Br)s2)cc1.[NaH]. The normalized spacial score (nSPS) is 13.5. The molecule has 0 aliphatic carbocycles. The average molecular weight is 481 g/mol. The third-order valence-electron chi connectivity index (χ3n) is 2.56. The van der Waals surface area contributed by atoms with Crippen LogP contribution in [-0.2, 0) is 14.6 Å². The predicted molar refractivity (Wildman–Crippen MR) is 97.9 cm³/mol. The Labute approximate surface area is 177 Å². The molecule has 25 heavy (non-hydrogen) atoms. The van der Waals surface area contributed by atoms with Crippen molar-refractivity contribution >= 4 is 80.1 Å². The van der Waals surface area contributed by atoms with Crippen LogP contribution in [0.2, 0.25) is 0 Å². The van der Waals surface area contributed by atoms with Crippen molar-refractivity contribution in [2.75, 3.05) is 6.29 Å². The number of benzene rings is 1. The Kier molecular flexibility index (Phi) is 8.25. The van der Waals surface area contributed by atoms with Gasteiger partial charge in [0.15, 0.2) is 0 Å². The fourth-order valence-corrected chi connectivity index (χ4v) is 6.07. The zero-order chi connectivity index (χ0) is 18.0. The summed E-state index contributed by atoms with van der Waals surface area (Å²) in [6.45, 7) is 0. The fourth-order valence-electron chi connectivity index (χ4n) is 1.51. The van der Waals surface area contributed by atoms with Crippen LogP contribution in [0.3, 0.4) is 0 Å². The van der Waals surface area contributed by atoms with Gasteiger partial charge in [0.2, 0.25) is 0 Å². The Balaban J connectivity index is 0.00000312. The van der Waals surface area contributed by atoms with E-state index in [1.165, 1.54) is 12.1 Å². The molecule has 0 saturated heterocycles. The quantitative estimate of drug-likeness (QED) is 0.268. The molecule has 2 rings (SSSR count). The molecule has 1 heterocycles. The predicted octanol–water partition coefficient (Wildman–Crippen LogP) is 2.27. The van der Waals surface area contributed by atoms with Gasteiger partial charge in [-0.05, 0) is 40.2 Å². The van der Waals surface area contributed by atoms with E-state index in [4.69, 9.17) is 4.52 Å². The van der Waals surface area contributed by atoms with Gasteiger partial charge in [-0.2, -0.15) is 4.72 Å². The van der Waals surface area contributed by atoms with Crippen molar-refractivity contribution in [2.24, 2.45) is 0 Å². The Bertz CT molecular complexity index is 903. The first-order valence-corrected chi connectivity index (χ1v) is 11.0. The maximum absolute atomic E-state index is 12.0. The number of hydrogen-bond donors (Lipinski definition) is 2. The van der Waals surface area contributed by atoms with Gasteiger partial charge in [0, 0.05) is 12.1 Å². The molecule has 1 atom stereocenters. The second-order valence-corrected chi connectivity index (χ2v) is 10.6. The van der Waals surface area contributed by atoms with E-state index in [9.17, 15) is 28.0 Å². The maximum atomic E-state index is 12.0. The van der Waals surface area contributed by atoms with Crippen LogP contribution in [-0.4, -0.2) is 54.1 Å². The number of nitrogens with zero attached hydrogens (tertiary/aromatic N) is 1. The van der Waals surface area contributed by atoms with Gasteiger partial charge in [-0.1, -0.05) is 0 Å². The average Bonchev–Trinajstić information content (AvgIpc) is 2.93. The zero-order valence-corrected chi connectivity index (χ0v) is 15.8. The van der Waals surface area contributed by atoms with E-state index in [1.54, 1.807) is 0 Å². The molecule has 1 aromatic heterocycles. The van der Waals surface area contributed by atoms with E-state index in [0.717, 1.165) is 35.6 Å². The van der Waals surface area contributed by atoms with Gasteiger partial charge in [0.25, 0.3) is 15.7 Å². The summed E-state index contributed by atoms with van der Waals surface area (Å²) in [4.78, 5) is 19.6. The molecule has 14 heteroatoms. The van der Waals surface area contributed by atoms with E-state index < -0.39 is 28.8 Å². The minimum atomic E-state index is -4.33. The van der Waals surface area contributed by atoms with Crippen molar-refractivity contribution in [3.05, 3.63) is 50.3 Å². The molecular weight excluding hydrogens is 470 g/mol. The first-order chi connectivity index (χ1) is 11.1. The molecule has 0 bridgehead atoms. The molecule has 0 aliphatic heterocycles. The van der Waals surface area contributed by atoms with E-state index in [-0.39, 0.29) is 45.2 Å². The standard InChI is InChI=1S/C11H10BrN2O7PS2.Na.H/c12-10-5-6-11(23-10)24(19,20)13-7-22(17,18)21-9-3-1-8(2-4-9)14(15)16;;/h1-6,13H,7H2,(H,17,18);;. The Morgan fingerprint density at radius 2 is 1.88 bits per heavy atom. The second kappa shape index (κ2) is 9.07. The van der Waals surface area contributed by atoms with Crippen LogP contribution in [0.5, 0.6) is 5.75 Å². The molecule has 0 fully saturated rings. The van der Waals surface area contributed by atoms with Gasteiger partial charge in [-0.25, -0.2) is 13.0 Å². The summed E-state index contributed by atoms with van der Waals surface area (Å²) >= 11 is 4.07. The van der Waals surface area contributed by atoms with Crippen LogP contribution in [0.1, 0.15) is 0 Å². The molecule has 0 spiro atoms. The molecule has 0 amide bonds. The Morgan fingerprint density at radius 3 is 2.36 bits per heavy atom. The third-order valence-corrected chi connectivity index (χ3v) is 7.35. The van der Waals surface area contributed by atoms with Gasteiger partial charge >= 0.3 is 37.2 Å². The number of nitro benzene ring substituents is 1. The topological polar surface area (TPSA) is 136 Å². The van der Waals surface area contributed by atoms with Crippen molar-refractivity contribution in [1.29, 1.82) is 0 Å². The number of thiophene rings is 1. The van der Waals surface area contributed by atoms with E-state index in [0.29, 0.717) is 3.79 Å². The number of rotatable bonds is 7. The number of non-ortho nitro benzene ring substituents is 1. The minimum absolute atomic E-state index is 0. The number of halogens is 1. The molecule has 1 unspecified atom stereocenters. The number of hydrogen-bond acceptors (Lipinski definition) is 7. The van der Waals surface area contributed by atoms with E-state index in [2.05, 4.69) is 15.9 Å². The summed E-state index contributed by atoms with van der Waals surface area (Å²) in [7, 11) is -8.28. The summed E-state index contributed by atoms with van der Waals surface area (Å²) in [5.74, 6) is -0.0931. The first-order valence-electron chi connectivity index (χ1n) is 6.10. The molecule has 2 aromatic rings. The Hall–Kier alpha value is -0.300. The summed E-state index contributed by atoms with van der Waals surface area (Å²) in [5, 5.41) is 10.5. The van der Waals surface area contributed by atoms with Gasteiger partial charge in [0.1, 0.15) is 16.2 Å². The molecule has 2 N–H and O–H groups in total. The molecule has 1 aromatic carbocycles. The molecule has 132 valence electrons. The summed E-state index contributed by atoms with van der Waals surface area (Å²) in [6, 6.07) is 7.37. The van der Waals surface area contributed by atoms with Crippen LogP contribution in [0.4, 0.5) is 5.69 Å². The van der Waals surface area contributed by atoms with Crippen LogP contribution in [0.25, 0.3) is 0 Å². The monoisotopic (exact) mass is 480 g/mol. The number of nitrogens with one attached hydrogen (secondary N) is 1. The van der Waals surface area contributed by atoms with Crippen LogP contribution < -0.4 is 9.25 Å². The van der Waals surface area contributed by atoms with Crippen molar-refractivity contribution < 1.29 is 27.3 Å². The Morgan fingerprint density at radius 1 is 1.28 bits per heavy atom. The zero-order valence-electron chi connectivity index (χ0n) is 11.7. The molecule has 9 nitrogen and oxygen atoms in total. The van der Waals surface area contributed by atoms with Crippen LogP contribution >= 0.6 is 34.9 Å². The van der Waals surface area contributed by atoms with Crippen LogP contribution in [0.15, 0.2) is 44.4 Å². The van der Waals surface area contributed by atoms with E-state index in [1.807, 2.05) is 4.72 Å². The number of sulfonamides is 1. The molecule has 0 radical (unpaired) electrons. The van der Waals surface area contributed by atoms with Crippen LogP contribution in [0, 0.1) is 10.1 Å². The molecule has 0 saturated carbocycles. The molecular formula is C11H11BrN2NaO7PS2. The first kappa shape index (κ1) is 22.7. The van der Waals surface area contributed by atoms with Crippen molar-refractivity contribution in [2.45, 2.75) is 4.21 Å². The summed E-state index contributed by atoms with van der Waals surface area (Å²) in [5.41, 5.74) is -0.209.